The third kappa shape index (κ3) is 3.15. The van der Waals surface area contributed by atoms with E-state index in [2.05, 4.69) is 11.4 Å². The molecule has 1 aromatic heterocycles. The summed E-state index contributed by atoms with van der Waals surface area (Å²) >= 11 is 1.78. The van der Waals surface area contributed by atoms with Gasteiger partial charge >= 0.3 is 0 Å². The fourth-order valence-corrected chi connectivity index (χ4v) is 3.49. The summed E-state index contributed by atoms with van der Waals surface area (Å²) in [5.74, 6) is 0.658. The predicted molar refractivity (Wildman–Crippen MR) is 86.6 cm³/mol. The van der Waals surface area contributed by atoms with E-state index in [0.717, 1.165) is 13.0 Å². The number of carbonyl (C=O) groups excluding carboxylic acids is 1. The van der Waals surface area contributed by atoms with E-state index >= 15 is 0 Å². The zero-order valence-corrected chi connectivity index (χ0v) is 13.4. The number of hydrogen-bond donors (Lipinski definition) is 0. The van der Waals surface area contributed by atoms with Crippen LogP contribution < -0.4 is 4.74 Å². The lowest BCUT2D eigenvalue weighted by Gasteiger charge is -2.27. The van der Waals surface area contributed by atoms with Crippen LogP contribution in [0.15, 0.2) is 35.7 Å². The van der Waals surface area contributed by atoms with E-state index in [-0.39, 0.29) is 5.91 Å². The van der Waals surface area contributed by atoms with Crippen LogP contribution in [0.3, 0.4) is 0 Å². The molecular formula is C17H19NO3S. The Kier molecular flexibility index (Phi) is 4.75. The van der Waals surface area contributed by atoms with Gasteiger partial charge in [-0.3, -0.25) is 4.79 Å². The van der Waals surface area contributed by atoms with Gasteiger partial charge in [-0.1, -0.05) is 12.1 Å². The maximum atomic E-state index is 12.8. The number of thiophene rings is 1. The van der Waals surface area contributed by atoms with E-state index in [4.69, 9.17) is 9.47 Å². The molecule has 1 aromatic carbocycles. The molecule has 3 rings (SSSR count). The SMILES string of the molecule is COCCOc1ccccc1C(=O)N1CCc2sccc2C1. The molecule has 0 fully saturated rings. The molecule has 116 valence electrons. The van der Waals surface area contributed by atoms with E-state index in [1.165, 1.54) is 10.4 Å². The minimum Gasteiger partial charge on any atom is -0.490 e. The molecule has 0 atom stereocenters. The van der Waals surface area contributed by atoms with Gasteiger partial charge in [0.2, 0.25) is 0 Å². The smallest absolute Gasteiger partial charge is 0.257 e. The topological polar surface area (TPSA) is 38.8 Å². The summed E-state index contributed by atoms with van der Waals surface area (Å²) in [4.78, 5) is 16.1. The first-order valence-corrected chi connectivity index (χ1v) is 8.23. The van der Waals surface area contributed by atoms with Crippen LogP contribution in [0.5, 0.6) is 5.75 Å². The number of carbonyl (C=O) groups is 1. The van der Waals surface area contributed by atoms with Crippen LogP contribution >= 0.6 is 11.3 Å². The van der Waals surface area contributed by atoms with Crippen molar-refractivity contribution >= 4 is 17.2 Å². The zero-order chi connectivity index (χ0) is 15.4. The molecular weight excluding hydrogens is 298 g/mol. The first-order valence-electron chi connectivity index (χ1n) is 7.35. The normalized spacial score (nSPS) is 13.8. The molecule has 0 spiro atoms. The van der Waals surface area contributed by atoms with Crippen LogP contribution in [0, 0.1) is 0 Å². The summed E-state index contributed by atoms with van der Waals surface area (Å²) in [5, 5.41) is 2.10. The first-order chi connectivity index (χ1) is 10.8. The Morgan fingerprint density at radius 2 is 2.14 bits per heavy atom. The van der Waals surface area contributed by atoms with Crippen LogP contribution in [0.1, 0.15) is 20.8 Å². The first kappa shape index (κ1) is 15.1. The molecule has 0 saturated heterocycles. The monoisotopic (exact) mass is 317 g/mol. The number of nitrogens with zero attached hydrogens (tertiary/aromatic N) is 1. The van der Waals surface area contributed by atoms with Gasteiger partial charge in [-0.2, -0.15) is 0 Å². The highest BCUT2D eigenvalue weighted by Gasteiger charge is 2.24. The summed E-state index contributed by atoms with van der Waals surface area (Å²) in [7, 11) is 1.63. The largest absolute Gasteiger partial charge is 0.490 e. The third-order valence-corrected chi connectivity index (χ3v) is 4.78. The van der Waals surface area contributed by atoms with Gasteiger partial charge in [0.1, 0.15) is 12.4 Å². The number of hydrogen-bond acceptors (Lipinski definition) is 4. The highest BCUT2D eigenvalue weighted by atomic mass is 32.1. The molecule has 22 heavy (non-hydrogen) atoms. The second kappa shape index (κ2) is 6.94. The van der Waals surface area contributed by atoms with E-state index in [0.29, 0.717) is 31.1 Å². The van der Waals surface area contributed by atoms with E-state index < -0.39 is 0 Å². The number of methoxy groups -OCH3 is 1. The molecule has 0 bridgehead atoms. The average molecular weight is 317 g/mol. The minimum absolute atomic E-state index is 0.0323. The Morgan fingerprint density at radius 3 is 3.00 bits per heavy atom. The maximum absolute atomic E-state index is 12.8. The van der Waals surface area contributed by atoms with Crippen LogP contribution in [-0.4, -0.2) is 37.7 Å². The Hall–Kier alpha value is -1.85. The van der Waals surface area contributed by atoms with E-state index in [9.17, 15) is 4.79 Å². The van der Waals surface area contributed by atoms with Gasteiger partial charge in [0, 0.05) is 25.1 Å². The van der Waals surface area contributed by atoms with Gasteiger partial charge in [0.25, 0.3) is 5.91 Å². The zero-order valence-electron chi connectivity index (χ0n) is 12.6. The van der Waals surface area contributed by atoms with Gasteiger partial charge in [-0.15, -0.1) is 11.3 Å². The summed E-state index contributed by atoms with van der Waals surface area (Å²) in [6.07, 6.45) is 0.936. The minimum atomic E-state index is 0.0323. The fraction of sp³-hybridized carbons (Fsp3) is 0.353. The molecule has 1 aliphatic rings. The molecule has 0 aliphatic carbocycles. The highest BCUT2D eigenvalue weighted by molar-refractivity contribution is 7.10. The van der Waals surface area contributed by atoms with Gasteiger partial charge < -0.3 is 14.4 Å². The van der Waals surface area contributed by atoms with Crippen molar-refractivity contribution in [2.45, 2.75) is 13.0 Å². The Balaban J connectivity index is 1.75. The predicted octanol–water partition coefficient (Wildman–Crippen LogP) is 2.97. The molecule has 1 amide bonds. The van der Waals surface area contributed by atoms with Crippen molar-refractivity contribution in [2.75, 3.05) is 26.9 Å². The van der Waals surface area contributed by atoms with Crippen LogP contribution in [-0.2, 0) is 17.7 Å². The Morgan fingerprint density at radius 1 is 1.27 bits per heavy atom. The van der Waals surface area contributed by atoms with Crippen molar-refractivity contribution in [1.29, 1.82) is 0 Å². The number of amides is 1. The van der Waals surface area contributed by atoms with E-state index in [1.807, 2.05) is 29.2 Å². The number of rotatable bonds is 5. The molecule has 0 radical (unpaired) electrons. The molecule has 4 nitrogen and oxygen atoms in total. The summed E-state index contributed by atoms with van der Waals surface area (Å²) < 4.78 is 10.7. The Labute approximate surface area is 134 Å². The van der Waals surface area contributed by atoms with Gasteiger partial charge in [-0.25, -0.2) is 0 Å². The Bertz CT molecular complexity index is 653. The molecule has 0 unspecified atom stereocenters. The summed E-state index contributed by atoms with van der Waals surface area (Å²) in [5.41, 5.74) is 1.89. The van der Waals surface area contributed by atoms with Crippen molar-refractivity contribution in [3.63, 3.8) is 0 Å². The molecule has 0 saturated carbocycles. The second-order valence-corrected chi connectivity index (χ2v) is 6.18. The molecule has 2 aromatic rings. The van der Waals surface area contributed by atoms with Gasteiger partial charge in [0.05, 0.1) is 12.2 Å². The maximum Gasteiger partial charge on any atom is 0.257 e. The molecule has 0 N–H and O–H groups in total. The van der Waals surface area contributed by atoms with Gasteiger partial charge in [-0.05, 0) is 35.6 Å². The molecule has 1 aliphatic heterocycles. The third-order valence-electron chi connectivity index (χ3n) is 3.76. The lowest BCUT2D eigenvalue weighted by molar-refractivity contribution is 0.0729. The van der Waals surface area contributed by atoms with Crippen LogP contribution in [0.2, 0.25) is 0 Å². The number of ether oxygens (including phenoxy) is 2. The van der Waals surface area contributed by atoms with Crippen LogP contribution in [0.25, 0.3) is 0 Å². The number of fused-ring (bicyclic) bond motifs is 1. The van der Waals surface area contributed by atoms with Gasteiger partial charge in [0.15, 0.2) is 0 Å². The summed E-state index contributed by atoms with van der Waals surface area (Å²) in [6, 6.07) is 9.53. The number of benzene rings is 1. The fourth-order valence-electron chi connectivity index (χ4n) is 2.60. The van der Waals surface area contributed by atoms with Crippen molar-refractivity contribution in [3.05, 3.63) is 51.7 Å². The lowest BCUT2D eigenvalue weighted by atomic mass is 10.1. The van der Waals surface area contributed by atoms with Crippen molar-refractivity contribution in [3.8, 4) is 5.75 Å². The average Bonchev–Trinajstić information content (AvgIpc) is 3.02. The molecule has 2 heterocycles. The van der Waals surface area contributed by atoms with E-state index in [1.54, 1.807) is 18.4 Å². The quantitative estimate of drug-likeness (QED) is 0.796. The highest BCUT2D eigenvalue weighted by Crippen LogP contribution is 2.27. The standard InChI is InChI=1S/C17H19NO3S/c1-20-9-10-21-15-5-3-2-4-14(15)17(19)18-8-6-16-13(12-18)7-11-22-16/h2-5,7,11H,6,8-10,12H2,1H3. The lowest BCUT2D eigenvalue weighted by Crippen LogP contribution is -2.35. The number of para-hydroxylation sites is 1. The second-order valence-electron chi connectivity index (χ2n) is 5.18. The molecule has 5 heteroatoms. The van der Waals surface area contributed by atoms with Crippen molar-refractivity contribution in [2.24, 2.45) is 0 Å². The summed E-state index contributed by atoms with van der Waals surface area (Å²) in [6.45, 7) is 2.39. The van der Waals surface area contributed by atoms with Crippen molar-refractivity contribution < 1.29 is 14.3 Å². The van der Waals surface area contributed by atoms with Crippen LogP contribution in [0.4, 0.5) is 0 Å². The van der Waals surface area contributed by atoms with Crippen molar-refractivity contribution in [1.82, 2.24) is 4.90 Å².